The van der Waals surface area contributed by atoms with E-state index in [1.807, 2.05) is 42.7 Å². The monoisotopic (exact) mass is 285 g/mol. The van der Waals surface area contributed by atoms with E-state index >= 15 is 0 Å². The Hall–Kier alpha value is -2.10. The fourth-order valence-electron chi connectivity index (χ4n) is 1.95. The molecule has 0 aliphatic heterocycles. The Bertz CT molecular complexity index is 549. The lowest BCUT2D eigenvalue weighted by atomic mass is 10.1. The molecule has 2 aromatic rings. The van der Waals surface area contributed by atoms with Gasteiger partial charge < -0.3 is 10.1 Å². The third-order valence-corrected chi connectivity index (χ3v) is 2.84. The molecule has 4 nitrogen and oxygen atoms in total. The molecule has 2 heterocycles. The lowest BCUT2D eigenvalue weighted by Gasteiger charge is -2.21. The number of nitrogens with one attached hydrogen (secondary N) is 1. The first-order valence-corrected chi connectivity index (χ1v) is 7.30. The molecule has 0 fully saturated rings. The number of hydrogen-bond acceptors (Lipinski definition) is 4. The van der Waals surface area contributed by atoms with Crippen LogP contribution in [0.1, 0.15) is 32.8 Å². The maximum atomic E-state index is 5.72. The van der Waals surface area contributed by atoms with Crippen LogP contribution in [0.25, 0.3) is 0 Å². The molecule has 0 saturated carbocycles. The van der Waals surface area contributed by atoms with Crippen molar-refractivity contribution < 1.29 is 4.74 Å². The van der Waals surface area contributed by atoms with Crippen molar-refractivity contribution in [2.24, 2.45) is 0 Å². The topological polar surface area (TPSA) is 47.0 Å². The Labute approximate surface area is 126 Å². The van der Waals surface area contributed by atoms with Gasteiger partial charge in [-0.3, -0.25) is 4.98 Å². The second-order valence-corrected chi connectivity index (χ2v) is 6.04. The number of nitrogens with zero attached hydrogens (tertiary/aromatic N) is 2. The van der Waals surface area contributed by atoms with Gasteiger partial charge >= 0.3 is 0 Å². The van der Waals surface area contributed by atoms with Crippen LogP contribution < -0.4 is 10.1 Å². The van der Waals surface area contributed by atoms with Gasteiger partial charge in [0.05, 0.1) is 6.61 Å². The highest BCUT2D eigenvalue weighted by molar-refractivity contribution is 5.39. The molecular formula is C17H23N3O. The highest BCUT2D eigenvalue weighted by atomic mass is 16.5. The molecule has 0 bridgehead atoms. The van der Waals surface area contributed by atoms with Crippen molar-refractivity contribution in [3.63, 3.8) is 0 Å². The Morgan fingerprint density at radius 2 is 1.86 bits per heavy atom. The third-order valence-electron chi connectivity index (χ3n) is 2.84. The predicted octanol–water partition coefficient (Wildman–Crippen LogP) is 3.70. The van der Waals surface area contributed by atoms with E-state index in [4.69, 9.17) is 4.74 Å². The lowest BCUT2D eigenvalue weighted by molar-refractivity contribution is 0.299. The summed E-state index contributed by atoms with van der Waals surface area (Å²) in [5.74, 6) is 1.51. The van der Waals surface area contributed by atoms with Gasteiger partial charge in [-0.1, -0.05) is 6.07 Å². The molecule has 0 aliphatic rings. The summed E-state index contributed by atoms with van der Waals surface area (Å²) in [4.78, 5) is 8.47. The molecule has 0 spiro atoms. The van der Waals surface area contributed by atoms with Crippen LogP contribution in [0.4, 0.5) is 5.82 Å². The summed E-state index contributed by atoms with van der Waals surface area (Å²) in [5.41, 5.74) is 1.28. The number of hydrogen-bond donors (Lipinski definition) is 1. The molecule has 0 atom stereocenters. The van der Waals surface area contributed by atoms with E-state index in [9.17, 15) is 0 Å². The molecule has 0 amide bonds. The SMILES string of the molecule is CC(C)(C)Nc1cccc(OCCCc2ccncc2)n1. The fourth-order valence-corrected chi connectivity index (χ4v) is 1.95. The van der Waals surface area contributed by atoms with Crippen LogP contribution in [0.15, 0.2) is 42.7 Å². The predicted molar refractivity (Wildman–Crippen MR) is 85.7 cm³/mol. The molecule has 0 saturated heterocycles. The van der Waals surface area contributed by atoms with Gasteiger partial charge in [0.15, 0.2) is 0 Å². The van der Waals surface area contributed by atoms with Crippen molar-refractivity contribution in [2.75, 3.05) is 11.9 Å². The van der Waals surface area contributed by atoms with Crippen molar-refractivity contribution in [1.82, 2.24) is 9.97 Å². The van der Waals surface area contributed by atoms with Gasteiger partial charge in [-0.2, -0.15) is 4.98 Å². The van der Waals surface area contributed by atoms with Crippen molar-refractivity contribution in [3.8, 4) is 5.88 Å². The molecule has 2 rings (SSSR count). The second kappa shape index (κ2) is 7.07. The van der Waals surface area contributed by atoms with Gasteiger partial charge in [0.2, 0.25) is 5.88 Å². The average Bonchev–Trinajstić information content (AvgIpc) is 2.43. The van der Waals surface area contributed by atoms with Gasteiger partial charge in [0, 0.05) is 24.0 Å². The molecular weight excluding hydrogens is 262 g/mol. The second-order valence-electron chi connectivity index (χ2n) is 6.04. The van der Waals surface area contributed by atoms with Gasteiger partial charge in [0.25, 0.3) is 0 Å². The number of aromatic nitrogens is 2. The first kappa shape index (κ1) is 15.3. The smallest absolute Gasteiger partial charge is 0.215 e. The molecule has 2 aromatic heterocycles. The van der Waals surface area contributed by atoms with Crippen LogP contribution in [-0.2, 0) is 6.42 Å². The largest absolute Gasteiger partial charge is 0.478 e. The summed E-state index contributed by atoms with van der Waals surface area (Å²) in [6.45, 7) is 6.99. The Balaban J connectivity index is 1.79. The number of aryl methyl sites for hydroxylation is 1. The summed E-state index contributed by atoms with van der Waals surface area (Å²) in [5, 5.41) is 3.34. The Morgan fingerprint density at radius 1 is 1.10 bits per heavy atom. The minimum atomic E-state index is -0.00698. The van der Waals surface area contributed by atoms with E-state index < -0.39 is 0 Å². The van der Waals surface area contributed by atoms with E-state index in [0.717, 1.165) is 18.7 Å². The van der Waals surface area contributed by atoms with Crippen molar-refractivity contribution in [1.29, 1.82) is 0 Å². The van der Waals surface area contributed by atoms with E-state index in [1.165, 1.54) is 5.56 Å². The summed E-state index contributed by atoms with van der Waals surface area (Å²) >= 11 is 0. The first-order valence-electron chi connectivity index (χ1n) is 7.30. The summed E-state index contributed by atoms with van der Waals surface area (Å²) < 4.78 is 5.72. The number of pyridine rings is 2. The zero-order valence-electron chi connectivity index (χ0n) is 13.0. The highest BCUT2D eigenvalue weighted by Crippen LogP contribution is 2.16. The van der Waals surface area contributed by atoms with Crippen molar-refractivity contribution >= 4 is 5.82 Å². The Kier molecular flexibility index (Phi) is 5.14. The minimum absolute atomic E-state index is 0.00698. The zero-order chi connectivity index (χ0) is 15.1. The summed E-state index contributed by atoms with van der Waals surface area (Å²) in [6.07, 6.45) is 5.59. The van der Waals surface area contributed by atoms with E-state index in [0.29, 0.717) is 12.5 Å². The van der Waals surface area contributed by atoms with Crippen LogP contribution in [0.3, 0.4) is 0 Å². The molecule has 0 aliphatic carbocycles. The van der Waals surface area contributed by atoms with Gasteiger partial charge in [-0.25, -0.2) is 0 Å². The molecule has 4 heteroatoms. The van der Waals surface area contributed by atoms with E-state index in [-0.39, 0.29) is 5.54 Å². The maximum absolute atomic E-state index is 5.72. The highest BCUT2D eigenvalue weighted by Gasteiger charge is 2.10. The van der Waals surface area contributed by atoms with E-state index in [1.54, 1.807) is 0 Å². The zero-order valence-corrected chi connectivity index (χ0v) is 13.0. The lowest BCUT2D eigenvalue weighted by Crippen LogP contribution is -2.26. The summed E-state index contributed by atoms with van der Waals surface area (Å²) in [6, 6.07) is 9.87. The van der Waals surface area contributed by atoms with Gasteiger partial charge in [-0.15, -0.1) is 0 Å². The molecule has 21 heavy (non-hydrogen) atoms. The third kappa shape index (κ3) is 5.81. The molecule has 0 aromatic carbocycles. The molecule has 0 unspecified atom stereocenters. The van der Waals surface area contributed by atoms with Crippen LogP contribution in [0.2, 0.25) is 0 Å². The summed E-state index contributed by atoms with van der Waals surface area (Å²) in [7, 11) is 0. The van der Waals surface area contributed by atoms with E-state index in [2.05, 4.69) is 36.1 Å². The number of rotatable bonds is 6. The molecule has 1 N–H and O–H groups in total. The Morgan fingerprint density at radius 3 is 2.57 bits per heavy atom. The van der Waals surface area contributed by atoms with Crippen molar-refractivity contribution in [2.45, 2.75) is 39.2 Å². The average molecular weight is 285 g/mol. The number of anilines is 1. The quantitative estimate of drug-likeness (QED) is 0.822. The van der Waals surface area contributed by atoms with Crippen LogP contribution >= 0.6 is 0 Å². The fraction of sp³-hybridized carbons (Fsp3) is 0.412. The van der Waals surface area contributed by atoms with Gasteiger partial charge in [0.1, 0.15) is 5.82 Å². The standard InChI is InChI=1S/C17H23N3O/c1-17(2,3)20-15-7-4-8-16(19-15)21-13-5-6-14-9-11-18-12-10-14/h4,7-12H,5-6,13H2,1-3H3,(H,19,20). The van der Waals surface area contributed by atoms with Crippen LogP contribution in [-0.4, -0.2) is 22.1 Å². The molecule has 112 valence electrons. The minimum Gasteiger partial charge on any atom is -0.478 e. The maximum Gasteiger partial charge on any atom is 0.215 e. The van der Waals surface area contributed by atoms with Gasteiger partial charge in [-0.05, 0) is 57.4 Å². The molecule has 0 radical (unpaired) electrons. The van der Waals surface area contributed by atoms with Crippen molar-refractivity contribution in [3.05, 3.63) is 48.3 Å². The van der Waals surface area contributed by atoms with Crippen LogP contribution in [0.5, 0.6) is 5.88 Å². The normalized spacial score (nSPS) is 11.2. The van der Waals surface area contributed by atoms with Crippen LogP contribution in [0, 0.1) is 0 Å². The number of ether oxygens (including phenoxy) is 1. The first-order chi connectivity index (χ1) is 10.0.